The Bertz CT molecular complexity index is 435. The molecule has 1 aromatic heterocycles. The van der Waals surface area contributed by atoms with Crippen LogP contribution in [0, 0.1) is 0 Å². The highest BCUT2D eigenvalue weighted by molar-refractivity contribution is 5.98. The molecule has 0 atom stereocenters. The molecule has 1 rings (SSSR count). The van der Waals surface area contributed by atoms with Crippen LogP contribution < -0.4 is 5.73 Å². The molecule has 0 saturated carbocycles. The van der Waals surface area contributed by atoms with Crippen LogP contribution in [0.1, 0.15) is 29.0 Å². The smallest absolute Gasteiger partial charge is 0.343 e. The average Bonchev–Trinajstić information content (AvgIpc) is 2.61. The molecule has 1 aromatic rings. The van der Waals surface area contributed by atoms with Gasteiger partial charge in [-0.15, -0.1) is 0 Å². The van der Waals surface area contributed by atoms with Crippen LogP contribution in [-0.2, 0) is 4.74 Å². The van der Waals surface area contributed by atoms with Gasteiger partial charge in [-0.3, -0.25) is 4.79 Å². The molecule has 0 fully saturated rings. The predicted molar refractivity (Wildman–Crippen MR) is 58.0 cm³/mol. The first-order valence-corrected chi connectivity index (χ1v) is 4.79. The third-order valence-electron chi connectivity index (χ3n) is 1.82. The van der Waals surface area contributed by atoms with E-state index in [2.05, 4.69) is 5.10 Å². The molecule has 16 heavy (non-hydrogen) atoms. The van der Waals surface area contributed by atoms with Crippen molar-refractivity contribution in [3.8, 4) is 0 Å². The van der Waals surface area contributed by atoms with Crippen LogP contribution in [0.15, 0.2) is 18.3 Å². The van der Waals surface area contributed by atoms with Gasteiger partial charge in [-0.2, -0.15) is 9.78 Å². The van der Waals surface area contributed by atoms with Crippen LogP contribution >= 0.6 is 0 Å². The minimum absolute atomic E-state index is 0.0125. The second kappa shape index (κ2) is 5.11. The highest BCUT2D eigenvalue weighted by Crippen LogP contribution is 2.12. The number of nitrogens with zero attached hydrogens (tertiary/aromatic N) is 2. The highest BCUT2D eigenvalue weighted by Gasteiger charge is 2.18. The van der Waals surface area contributed by atoms with Crippen molar-refractivity contribution in [3.05, 3.63) is 23.9 Å². The number of esters is 1. The van der Waals surface area contributed by atoms with Gasteiger partial charge < -0.3 is 10.5 Å². The molecule has 6 nitrogen and oxygen atoms in total. The minimum Gasteiger partial charge on any atom is -0.462 e. The van der Waals surface area contributed by atoms with E-state index in [9.17, 15) is 9.59 Å². The molecule has 86 valence electrons. The fraction of sp³-hybridized carbons (Fsp3) is 0.300. The van der Waals surface area contributed by atoms with Crippen molar-refractivity contribution >= 4 is 17.7 Å². The molecule has 0 saturated heterocycles. The van der Waals surface area contributed by atoms with Crippen molar-refractivity contribution < 1.29 is 14.3 Å². The Balaban J connectivity index is 3.01. The summed E-state index contributed by atoms with van der Waals surface area (Å²) in [6.07, 6.45) is 4.08. The summed E-state index contributed by atoms with van der Waals surface area (Å²) in [6, 6.07) is 0. The first kappa shape index (κ1) is 12.0. The summed E-state index contributed by atoms with van der Waals surface area (Å²) < 4.78 is 5.71. The molecule has 0 aliphatic heterocycles. The molecule has 0 aliphatic carbocycles. The number of carbonyl (C=O) groups is 2. The van der Waals surface area contributed by atoms with Crippen molar-refractivity contribution in [2.24, 2.45) is 0 Å². The van der Waals surface area contributed by atoms with Gasteiger partial charge in [0, 0.05) is 6.08 Å². The number of carbonyl (C=O) groups excluding carboxylic acids is 2. The Morgan fingerprint density at radius 2 is 2.31 bits per heavy atom. The van der Waals surface area contributed by atoms with Gasteiger partial charge in [0.2, 0.25) is 0 Å². The Hall–Kier alpha value is -2.11. The molecule has 6 heteroatoms. The zero-order valence-corrected chi connectivity index (χ0v) is 9.14. The second-order valence-corrected chi connectivity index (χ2v) is 2.91. The zero-order valence-electron chi connectivity index (χ0n) is 9.14. The van der Waals surface area contributed by atoms with Gasteiger partial charge in [0.25, 0.3) is 5.91 Å². The lowest BCUT2D eigenvalue weighted by Crippen LogP contribution is -2.14. The number of hydrogen-bond donors (Lipinski definition) is 1. The standard InChI is InChI=1S/C10H13N3O3/c1-3-5-8(14)13-9(11)7(6-12-13)10(15)16-4-2/h3,5-6H,4,11H2,1-2H3/b5-3+. The third-order valence-corrected chi connectivity index (χ3v) is 1.82. The summed E-state index contributed by atoms with van der Waals surface area (Å²) in [6.45, 7) is 3.62. The molecule has 0 radical (unpaired) electrons. The summed E-state index contributed by atoms with van der Waals surface area (Å²) in [7, 11) is 0. The molecule has 0 amide bonds. The number of hydrogen-bond acceptors (Lipinski definition) is 5. The van der Waals surface area contributed by atoms with Gasteiger partial charge in [-0.25, -0.2) is 4.79 Å². The van der Waals surface area contributed by atoms with Crippen LogP contribution in [0.4, 0.5) is 5.82 Å². The van der Waals surface area contributed by atoms with Crippen LogP contribution in [0.3, 0.4) is 0 Å². The van der Waals surface area contributed by atoms with Crippen LogP contribution in [0.2, 0.25) is 0 Å². The summed E-state index contributed by atoms with van der Waals surface area (Å²) in [4.78, 5) is 22.8. The maximum Gasteiger partial charge on any atom is 0.343 e. The summed E-state index contributed by atoms with van der Waals surface area (Å²) >= 11 is 0. The zero-order chi connectivity index (χ0) is 12.1. The lowest BCUT2D eigenvalue weighted by Gasteiger charge is -2.01. The fourth-order valence-electron chi connectivity index (χ4n) is 1.11. The van der Waals surface area contributed by atoms with Gasteiger partial charge >= 0.3 is 5.97 Å². The third kappa shape index (κ3) is 2.28. The van der Waals surface area contributed by atoms with Gasteiger partial charge in [0.05, 0.1) is 12.8 Å². The van der Waals surface area contributed by atoms with Crippen molar-refractivity contribution in [2.75, 3.05) is 12.3 Å². The monoisotopic (exact) mass is 223 g/mol. The van der Waals surface area contributed by atoms with E-state index < -0.39 is 11.9 Å². The molecule has 0 aliphatic rings. The summed E-state index contributed by atoms with van der Waals surface area (Å²) in [5.41, 5.74) is 5.71. The number of aromatic nitrogens is 2. The molecule has 2 N–H and O–H groups in total. The molecular weight excluding hydrogens is 210 g/mol. The van der Waals surface area contributed by atoms with Crippen molar-refractivity contribution in [1.82, 2.24) is 9.78 Å². The maximum atomic E-state index is 11.4. The highest BCUT2D eigenvalue weighted by atomic mass is 16.5. The van der Waals surface area contributed by atoms with Crippen molar-refractivity contribution in [1.29, 1.82) is 0 Å². The minimum atomic E-state index is -0.584. The Morgan fingerprint density at radius 1 is 1.62 bits per heavy atom. The quantitative estimate of drug-likeness (QED) is 0.606. The van der Waals surface area contributed by atoms with E-state index in [-0.39, 0.29) is 18.0 Å². The van der Waals surface area contributed by atoms with Crippen molar-refractivity contribution in [2.45, 2.75) is 13.8 Å². The van der Waals surface area contributed by atoms with E-state index in [0.717, 1.165) is 4.68 Å². The van der Waals surface area contributed by atoms with E-state index in [1.807, 2.05) is 0 Å². The van der Waals surface area contributed by atoms with Gasteiger partial charge in [0.15, 0.2) is 0 Å². The SMILES string of the molecule is C/C=C/C(=O)n1ncc(C(=O)OCC)c1N. The predicted octanol–water partition coefficient (Wildman–Crippen LogP) is 0.858. The lowest BCUT2D eigenvalue weighted by atomic mass is 10.3. The van der Waals surface area contributed by atoms with Gasteiger partial charge in [-0.1, -0.05) is 6.08 Å². The van der Waals surface area contributed by atoms with E-state index in [1.165, 1.54) is 12.3 Å². The van der Waals surface area contributed by atoms with Crippen LogP contribution in [0.25, 0.3) is 0 Å². The molecule has 0 bridgehead atoms. The Kier molecular flexibility index (Phi) is 3.82. The first-order chi connectivity index (χ1) is 7.61. The normalized spacial score (nSPS) is 10.6. The number of nitrogens with two attached hydrogens (primary N) is 1. The lowest BCUT2D eigenvalue weighted by molar-refractivity contribution is 0.0527. The molecular formula is C10H13N3O3. The molecule has 0 aromatic carbocycles. The molecule has 0 spiro atoms. The van der Waals surface area contributed by atoms with Crippen LogP contribution in [-0.4, -0.2) is 28.3 Å². The Morgan fingerprint density at radius 3 is 2.88 bits per heavy atom. The van der Waals surface area contributed by atoms with Crippen molar-refractivity contribution in [3.63, 3.8) is 0 Å². The molecule has 0 unspecified atom stereocenters. The number of ether oxygens (including phenoxy) is 1. The average molecular weight is 223 g/mol. The van der Waals surface area contributed by atoms with Gasteiger partial charge in [-0.05, 0) is 13.8 Å². The van der Waals surface area contributed by atoms with E-state index in [4.69, 9.17) is 10.5 Å². The van der Waals surface area contributed by atoms with E-state index in [1.54, 1.807) is 19.9 Å². The van der Waals surface area contributed by atoms with E-state index >= 15 is 0 Å². The first-order valence-electron chi connectivity index (χ1n) is 4.79. The Labute approximate surface area is 92.7 Å². The number of nitrogen functional groups attached to an aromatic ring is 1. The van der Waals surface area contributed by atoms with Crippen LogP contribution in [0.5, 0.6) is 0 Å². The maximum absolute atomic E-state index is 11.4. The molecule has 1 heterocycles. The van der Waals surface area contributed by atoms with Gasteiger partial charge in [0.1, 0.15) is 11.4 Å². The van der Waals surface area contributed by atoms with E-state index in [0.29, 0.717) is 0 Å². The summed E-state index contributed by atoms with van der Waals surface area (Å²) in [5.74, 6) is -1.00. The second-order valence-electron chi connectivity index (χ2n) is 2.91. The number of rotatable bonds is 3. The number of anilines is 1. The number of allylic oxidation sites excluding steroid dienone is 2. The summed E-state index contributed by atoms with van der Waals surface area (Å²) in [5, 5.41) is 3.73. The fourth-order valence-corrected chi connectivity index (χ4v) is 1.11. The largest absolute Gasteiger partial charge is 0.462 e. The topological polar surface area (TPSA) is 87.2 Å².